The molecule has 1 aliphatic carbocycles. The first-order valence-electron chi connectivity index (χ1n) is 6.96. The Morgan fingerprint density at radius 1 is 1.27 bits per heavy atom. The molecule has 22 heavy (non-hydrogen) atoms. The summed E-state index contributed by atoms with van der Waals surface area (Å²) < 4.78 is 5.32. The van der Waals surface area contributed by atoms with Gasteiger partial charge in [0.2, 0.25) is 11.8 Å². The molecule has 2 N–H and O–H groups in total. The summed E-state index contributed by atoms with van der Waals surface area (Å²) in [6.07, 6.45) is 2.37. The van der Waals surface area contributed by atoms with Crippen molar-refractivity contribution < 1.29 is 14.0 Å². The molecule has 0 aliphatic heterocycles. The van der Waals surface area contributed by atoms with Gasteiger partial charge in [0, 0.05) is 24.4 Å². The summed E-state index contributed by atoms with van der Waals surface area (Å²) in [5.41, 5.74) is 1.08. The highest BCUT2D eigenvalue weighted by molar-refractivity contribution is 6.34. The Morgan fingerprint density at radius 2 is 2.09 bits per heavy atom. The van der Waals surface area contributed by atoms with Crippen LogP contribution in [0.4, 0.5) is 11.4 Å². The highest BCUT2D eigenvalue weighted by atomic mass is 35.5. The zero-order valence-electron chi connectivity index (χ0n) is 11.9. The third-order valence-corrected chi connectivity index (χ3v) is 3.91. The largest absolute Gasteiger partial charge is 0.469 e. The number of carbonyl (C=O) groups is 2. The van der Waals surface area contributed by atoms with E-state index in [4.69, 9.17) is 16.0 Å². The summed E-state index contributed by atoms with van der Waals surface area (Å²) >= 11 is 6.09. The molecule has 1 saturated carbocycles. The maximum Gasteiger partial charge on any atom is 0.228 e. The first kappa shape index (κ1) is 14.7. The second kappa shape index (κ2) is 5.85. The molecule has 2 amide bonds. The van der Waals surface area contributed by atoms with Gasteiger partial charge in [-0.15, -0.1) is 0 Å². The van der Waals surface area contributed by atoms with Gasteiger partial charge in [-0.25, -0.2) is 0 Å². The topological polar surface area (TPSA) is 71.3 Å². The van der Waals surface area contributed by atoms with Crippen molar-refractivity contribution in [2.45, 2.75) is 19.3 Å². The molecule has 2 unspecified atom stereocenters. The number of nitrogens with one attached hydrogen (secondary N) is 2. The molecule has 6 heteroatoms. The normalized spacial score (nSPS) is 19.5. The molecular weight excluding hydrogens is 304 g/mol. The third kappa shape index (κ3) is 3.14. The van der Waals surface area contributed by atoms with E-state index in [2.05, 4.69) is 10.6 Å². The van der Waals surface area contributed by atoms with Gasteiger partial charge in [0.15, 0.2) is 0 Å². The van der Waals surface area contributed by atoms with E-state index >= 15 is 0 Å². The van der Waals surface area contributed by atoms with Crippen LogP contribution in [-0.2, 0) is 9.59 Å². The second-order valence-electron chi connectivity index (χ2n) is 5.33. The van der Waals surface area contributed by atoms with Gasteiger partial charge >= 0.3 is 0 Å². The molecule has 0 bridgehead atoms. The first-order valence-corrected chi connectivity index (χ1v) is 7.34. The van der Waals surface area contributed by atoms with E-state index in [1.54, 1.807) is 24.5 Å². The Hall–Kier alpha value is -2.27. The predicted octanol–water partition coefficient (Wildman–Crippen LogP) is 3.63. The second-order valence-corrected chi connectivity index (χ2v) is 5.74. The fourth-order valence-corrected chi connectivity index (χ4v) is 2.59. The van der Waals surface area contributed by atoms with Gasteiger partial charge < -0.3 is 15.1 Å². The van der Waals surface area contributed by atoms with Gasteiger partial charge in [-0.3, -0.25) is 9.59 Å². The SMILES string of the molecule is CC(=O)Nc1ccc(Cl)c(NC(=O)C2CC2c2ccco2)c1. The molecule has 3 rings (SSSR count). The fraction of sp³-hybridized carbons (Fsp3) is 0.250. The highest BCUT2D eigenvalue weighted by Gasteiger charge is 2.45. The molecule has 1 aliphatic rings. The molecule has 0 radical (unpaired) electrons. The number of hydrogen-bond donors (Lipinski definition) is 2. The molecule has 2 aromatic rings. The average molecular weight is 319 g/mol. The Kier molecular flexibility index (Phi) is 3.90. The van der Waals surface area contributed by atoms with E-state index in [-0.39, 0.29) is 23.7 Å². The maximum atomic E-state index is 12.3. The van der Waals surface area contributed by atoms with Crippen LogP contribution >= 0.6 is 11.6 Å². The smallest absolute Gasteiger partial charge is 0.228 e. The minimum Gasteiger partial charge on any atom is -0.469 e. The van der Waals surface area contributed by atoms with Crippen LogP contribution in [0.15, 0.2) is 41.0 Å². The number of halogens is 1. The van der Waals surface area contributed by atoms with Gasteiger partial charge in [-0.2, -0.15) is 0 Å². The summed E-state index contributed by atoms with van der Waals surface area (Å²) in [7, 11) is 0. The van der Waals surface area contributed by atoms with Gasteiger partial charge in [0.25, 0.3) is 0 Å². The molecule has 0 saturated heterocycles. The van der Waals surface area contributed by atoms with Crippen LogP contribution in [0.2, 0.25) is 5.02 Å². The van der Waals surface area contributed by atoms with Crippen LogP contribution in [0.3, 0.4) is 0 Å². The van der Waals surface area contributed by atoms with Gasteiger partial charge in [0.1, 0.15) is 5.76 Å². The molecular formula is C16H15ClN2O3. The zero-order chi connectivity index (χ0) is 15.7. The van der Waals surface area contributed by atoms with Crippen molar-refractivity contribution in [2.24, 2.45) is 5.92 Å². The molecule has 1 aromatic heterocycles. The van der Waals surface area contributed by atoms with Crippen LogP contribution in [0, 0.1) is 5.92 Å². The van der Waals surface area contributed by atoms with Crippen molar-refractivity contribution in [1.29, 1.82) is 0 Å². The fourth-order valence-electron chi connectivity index (χ4n) is 2.43. The van der Waals surface area contributed by atoms with Gasteiger partial charge in [-0.05, 0) is 36.8 Å². The Bertz CT molecular complexity index is 712. The molecule has 114 valence electrons. The summed E-state index contributed by atoms with van der Waals surface area (Å²) in [6.45, 7) is 1.42. The first-order chi connectivity index (χ1) is 10.5. The Labute approximate surface area is 132 Å². The summed E-state index contributed by atoms with van der Waals surface area (Å²) in [4.78, 5) is 23.3. The van der Waals surface area contributed by atoms with Crippen LogP contribution in [0.25, 0.3) is 0 Å². The minimum atomic E-state index is -0.181. The summed E-state index contributed by atoms with van der Waals surface area (Å²) in [5, 5.41) is 5.90. The zero-order valence-corrected chi connectivity index (χ0v) is 12.7. The van der Waals surface area contributed by atoms with Crippen molar-refractivity contribution in [1.82, 2.24) is 0 Å². The number of furan rings is 1. The Balaban J connectivity index is 1.68. The summed E-state index contributed by atoms with van der Waals surface area (Å²) in [5.74, 6) is 0.583. The van der Waals surface area contributed by atoms with Gasteiger partial charge in [-0.1, -0.05) is 11.6 Å². The van der Waals surface area contributed by atoms with E-state index in [1.807, 2.05) is 12.1 Å². The van der Waals surface area contributed by atoms with Crippen molar-refractivity contribution in [2.75, 3.05) is 10.6 Å². The van der Waals surface area contributed by atoms with Gasteiger partial charge in [0.05, 0.1) is 17.0 Å². The Morgan fingerprint density at radius 3 is 2.77 bits per heavy atom. The minimum absolute atomic E-state index is 0.0942. The number of rotatable bonds is 4. The van der Waals surface area contributed by atoms with Crippen LogP contribution in [-0.4, -0.2) is 11.8 Å². The van der Waals surface area contributed by atoms with Crippen LogP contribution < -0.4 is 10.6 Å². The lowest BCUT2D eigenvalue weighted by atomic mass is 10.2. The van der Waals surface area contributed by atoms with Crippen molar-refractivity contribution in [3.05, 3.63) is 47.4 Å². The van der Waals surface area contributed by atoms with E-state index in [0.29, 0.717) is 16.4 Å². The number of hydrogen-bond acceptors (Lipinski definition) is 3. The third-order valence-electron chi connectivity index (χ3n) is 3.58. The van der Waals surface area contributed by atoms with Crippen LogP contribution in [0.5, 0.6) is 0 Å². The van der Waals surface area contributed by atoms with E-state index in [9.17, 15) is 9.59 Å². The van der Waals surface area contributed by atoms with Crippen molar-refractivity contribution in [3.8, 4) is 0 Å². The number of anilines is 2. The number of carbonyl (C=O) groups excluding carboxylic acids is 2. The monoisotopic (exact) mass is 318 g/mol. The molecule has 2 atom stereocenters. The lowest BCUT2D eigenvalue weighted by Crippen LogP contribution is -2.15. The molecule has 1 aromatic carbocycles. The predicted molar refractivity (Wildman–Crippen MR) is 83.9 cm³/mol. The van der Waals surface area contributed by atoms with E-state index < -0.39 is 0 Å². The van der Waals surface area contributed by atoms with Crippen LogP contribution in [0.1, 0.15) is 25.0 Å². The van der Waals surface area contributed by atoms with Crippen molar-refractivity contribution >= 4 is 34.8 Å². The standard InChI is InChI=1S/C16H15ClN2O3/c1-9(20)18-10-4-5-13(17)14(7-10)19-16(21)12-8-11(12)15-3-2-6-22-15/h2-7,11-12H,8H2,1H3,(H,18,20)(H,19,21). The van der Waals surface area contributed by atoms with E-state index in [0.717, 1.165) is 12.2 Å². The number of amides is 2. The van der Waals surface area contributed by atoms with Crippen molar-refractivity contribution in [3.63, 3.8) is 0 Å². The molecule has 5 nitrogen and oxygen atoms in total. The average Bonchev–Trinajstić information content (AvgIpc) is 3.08. The lowest BCUT2D eigenvalue weighted by molar-refractivity contribution is -0.117. The highest BCUT2D eigenvalue weighted by Crippen LogP contribution is 2.48. The number of benzene rings is 1. The molecule has 1 fully saturated rings. The molecule has 0 spiro atoms. The quantitative estimate of drug-likeness (QED) is 0.904. The van der Waals surface area contributed by atoms with E-state index in [1.165, 1.54) is 6.92 Å². The molecule has 1 heterocycles. The maximum absolute atomic E-state index is 12.3. The lowest BCUT2D eigenvalue weighted by Gasteiger charge is -2.09. The summed E-state index contributed by atoms with van der Waals surface area (Å²) in [6, 6.07) is 8.66.